The highest BCUT2D eigenvalue weighted by molar-refractivity contribution is 6.29. The highest BCUT2D eigenvalue weighted by atomic mass is 35.5. The monoisotopic (exact) mass is 593 g/mol. The van der Waals surface area contributed by atoms with E-state index in [4.69, 9.17) is 11.6 Å². The average Bonchev–Trinajstić information content (AvgIpc) is 3.16. The molecule has 0 aromatic rings. The van der Waals surface area contributed by atoms with Gasteiger partial charge in [0, 0.05) is 13.1 Å². The van der Waals surface area contributed by atoms with Gasteiger partial charge in [-0.3, -0.25) is 29.4 Å². The molecule has 2 unspecified atom stereocenters. The van der Waals surface area contributed by atoms with Crippen LogP contribution in [0.15, 0.2) is 0 Å². The number of nitrogens with zero attached hydrogens (tertiary/aromatic N) is 2. The molecular formula is C25H32ClF4N5O5. The van der Waals surface area contributed by atoms with Crippen LogP contribution in [-0.4, -0.2) is 83.0 Å². The summed E-state index contributed by atoms with van der Waals surface area (Å²) in [5, 5.41) is 5.07. The van der Waals surface area contributed by atoms with Gasteiger partial charge in [-0.1, -0.05) is 25.4 Å². The van der Waals surface area contributed by atoms with Gasteiger partial charge in [-0.2, -0.15) is 13.2 Å². The van der Waals surface area contributed by atoms with Crippen molar-refractivity contribution < 1.29 is 41.5 Å². The topological polar surface area (TPSA) is 128 Å². The van der Waals surface area contributed by atoms with E-state index >= 15 is 0 Å². The number of carbonyl (C=O) groups is 5. The molecule has 15 heteroatoms. The van der Waals surface area contributed by atoms with Crippen molar-refractivity contribution in [3.63, 3.8) is 0 Å². The summed E-state index contributed by atoms with van der Waals surface area (Å²) >= 11 is 5.35. The van der Waals surface area contributed by atoms with Crippen LogP contribution in [0.25, 0.3) is 0 Å². The normalized spacial score (nSPS) is 34.4. The maximum atomic E-state index is 13.8. The standard InChI is InChI=1S/C25H32ClF4N5O5/c1-23(2)13-10-34(20(38)14(32-22(40)25(28,29)30)8-24-5-11(6-24)7-24)16(15(13)23)19(37)33-35(21(39)17(26)27)9-12-3-4-31-18(12)36/h11-17H,3-10H2,1-2H3,(H,31,36)(H,32,40)(H,33,37)/t11?,12-,13-,14?,15-,16-,17?,24?/m0/s1. The van der Waals surface area contributed by atoms with Crippen molar-refractivity contribution in [3.8, 4) is 0 Å². The number of fused-ring (bicyclic) bond motifs is 1. The van der Waals surface area contributed by atoms with Gasteiger partial charge in [0.1, 0.15) is 12.1 Å². The summed E-state index contributed by atoms with van der Waals surface area (Å²) < 4.78 is 53.2. The molecule has 0 spiro atoms. The van der Waals surface area contributed by atoms with Gasteiger partial charge < -0.3 is 15.5 Å². The second-order valence-electron chi connectivity index (χ2n) is 12.6. The van der Waals surface area contributed by atoms with Gasteiger partial charge in [0.25, 0.3) is 17.4 Å². The highest BCUT2D eigenvalue weighted by Gasteiger charge is 2.70. The maximum Gasteiger partial charge on any atom is 0.471 e. The number of nitrogens with one attached hydrogen (secondary N) is 3. The molecule has 4 aliphatic carbocycles. The second kappa shape index (κ2) is 9.73. The third-order valence-corrected chi connectivity index (χ3v) is 9.87. The smallest absolute Gasteiger partial charge is 0.356 e. The number of carbonyl (C=O) groups excluding carboxylic acids is 5. The number of rotatable bonds is 8. The van der Waals surface area contributed by atoms with E-state index in [2.05, 4.69) is 10.7 Å². The lowest BCUT2D eigenvalue weighted by Gasteiger charge is -2.63. The molecule has 6 aliphatic rings. The minimum absolute atomic E-state index is 0.0326. The van der Waals surface area contributed by atoms with Gasteiger partial charge in [0.2, 0.25) is 11.8 Å². The zero-order chi connectivity index (χ0) is 29.4. The Morgan fingerprint density at radius 3 is 2.35 bits per heavy atom. The summed E-state index contributed by atoms with van der Waals surface area (Å²) in [5.74, 6) is -6.32. The molecule has 6 fully saturated rings. The average molecular weight is 594 g/mol. The number of amides is 5. The van der Waals surface area contributed by atoms with Crippen molar-refractivity contribution in [1.82, 2.24) is 26.0 Å². The van der Waals surface area contributed by atoms with Crippen LogP contribution in [0.2, 0.25) is 0 Å². The van der Waals surface area contributed by atoms with E-state index in [-0.39, 0.29) is 48.1 Å². The van der Waals surface area contributed by atoms with E-state index in [1.165, 1.54) is 4.90 Å². The maximum absolute atomic E-state index is 13.8. The zero-order valence-corrected chi connectivity index (χ0v) is 22.8. The molecule has 0 aromatic heterocycles. The molecule has 2 bridgehead atoms. The highest BCUT2D eigenvalue weighted by Crippen LogP contribution is 2.67. The molecular weight excluding hydrogens is 562 g/mol. The second-order valence-corrected chi connectivity index (χ2v) is 13.0. The fourth-order valence-electron chi connectivity index (χ4n) is 7.34. The lowest BCUT2D eigenvalue weighted by atomic mass is 9.43. The Kier molecular flexibility index (Phi) is 7.02. The summed E-state index contributed by atoms with van der Waals surface area (Å²) in [6.45, 7) is 3.84. The predicted octanol–water partition coefficient (Wildman–Crippen LogP) is 1.24. The van der Waals surface area contributed by atoms with Crippen molar-refractivity contribution in [1.29, 1.82) is 0 Å². The summed E-state index contributed by atoms with van der Waals surface area (Å²) in [6, 6.07) is -2.67. The molecule has 40 heavy (non-hydrogen) atoms. The lowest BCUT2D eigenvalue weighted by Crippen LogP contribution is -2.62. The van der Waals surface area contributed by atoms with E-state index in [0.717, 1.165) is 19.3 Å². The zero-order valence-electron chi connectivity index (χ0n) is 22.0. The first-order valence-electron chi connectivity index (χ1n) is 13.4. The molecule has 6 atom stereocenters. The van der Waals surface area contributed by atoms with Gasteiger partial charge in [-0.05, 0) is 60.7 Å². The Hall–Kier alpha value is -2.64. The molecule has 10 nitrogen and oxygen atoms in total. The molecule has 0 radical (unpaired) electrons. The Balaban J connectivity index is 1.36. The molecule has 5 amide bonds. The first kappa shape index (κ1) is 28.9. The van der Waals surface area contributed by atoms with Gasteiger partial charge in [0.05, 0.1) is 12.5 Å². The van der Waals surface area contributed by atoms with Gasteiger partial charge in [-0.15, -0.1) is 0 Å². The predicted molar refractivity (Wildman–Crippen MR) is 130 cm³/mol. The molecule has 2 saturated heterocycles. The third-order valence-electron chi connectivity index (χ3n) is 9.69. The molecule has 2 aliphatic heterocycles. The summed E-state index contributed by atoms with van der Waals surface area (Å²) in [6.07, 6.45) is -2.50. The summed E-state index contributed by atoms with van der Waals surface area (Å²) in [4.78, 5) is 64.9. The minimum atomic E-state index is -5.19. The SMILES string of the molecule is CC1(C)[C@@H]2[C@@H](C(=O)NN(C[C@@H]3CCNC3=O)C(=O)C(F)Cl)N(C(=O)C(CC34CC(C3)C4)NC(=O)C(F)(F)F)C[C@@H]21. The van der Waals surface area contributed by atoms with E-state index in [1.807, 2.05) is 19.2 Å². The quantitative estimate of drug-likeness (QED) is 0.222. The summed E-state index contributed by atoms with van der Waals surface area (Å²) in [7, 11) is 0. The van der Waals surface area contributed by atoms with Crippen molar-refractivity contribution in [3.05, 3.63) is 0 Å². The Morgan fingerprint density at radius 2 is 1.85 bits per heavy atom. The number of hydrogen-bond acceptors (Lipinski definition) is 5. The van der Waals surface area contributed by atoms with E-state index in [1.54, 1.807) is 0 Å². The summed E-state index contributed by atoms with van der Waals surface area (Å²) in [5.41, 5.74) is -0.862. The number of halogens is 5. The van der Waals surface area contributed by atoms with E-state index in [0.29, 0.717) is 23.9 Å². The van der Waals surface area contributed by atoms with Crippen LogP contribution in [0, 0.1) is 34.5 Å². The van der Waals surface area contributed by atoms with Crippen molar-refractivity contribution in [2.75, 3.05) is 19.6 Å². The van der Waals surface area contributed by atoms with Crippen molar-refractivity contribution in [2.45, 2.75) is 69.8 Å². The van der Waals surface area contributed by atoms with E-state index in [9.17, 15) is 41.5 Å². The van der Waals surface area contributed by atoms with Crippen LogP contribution < -0.4 is 16.1 Å². The van der Waals surface area contributed by atoms with Crippen molar-refractivity contribution >= 4 is 41.1 Å². The van der Waals surface area contributed by atoms with Crippen LogP contribution in [0.5, 0.6) is 0 Å². The lowest BCUT2D eigenvalue weighted by molar-refractivity contribution is -0.177. The van der Waals surface area contributed by atoms with Crippen molar-refractivity contribution in [2.24, 2.45) is 34.5 Å². The first-order valence-corrected chi connectivity index (χ1v) is 13.8. The minimum Gasteiger partial charge on any atom is -0.356 e. The molecule has 3 N–H and O–H groups in total. The third kappa shape index (κ3) is 5.00. The molecule has 0 aromatic carbocycles. The molecule has 6 rings (SSSR count). The number of piperidine rings is 1. The molecule has 4 saturated carbocycles. The Bertz CT molecular complexity index is 1120. The number of likely N-dealkylation sites (tertiary alicyclic amines) is 1. The fourth-order valence-corrected chi connectivity index (χ4v) is 7.46. The van der Waals surface area contributed by atoms with Crippen LogP contribution in [-0.2, 0) is 24.0 Å². The van der Waals surface area contributed by atoms with Crippen LogP contribution in [0.3, 0.4) is 0 Å². The fraction of sp³-hybridized carbons (Fsp3) is 0.800. The molecule has 2 heterocycles. The van der Waals surface area contributed by atoms with Crippen LogP contribution in [0.4, 0.5) is 17.6 Å². The van der Waals surface area contributed by atoms with Crippen LogP contribution in [0.1, 0.15) is 46.0 Å². The number of hydrazine groups is 1. The number of alkyl halides is 5. The Morgan fingerprint density at radius 1 is 1.20 bits per heavy atom. The van der Waals surface area contributed by atoms with Gasteiger partial charge in [-0.25, -0.2) is 9.40 Å². The molecule has 222 valence electrons. The van der Waals surface area contributed by atoms with E-state index < -0.39 is 53.4 Å². The van der Waals surface area contributed by atoms with Crippen LogP contribution >= 0.6 is 11.6 Å². The van der Waals surface area contributed by atoms with Gasteiger partial charge in [0.15, 0.2) is 0 Å². The number of hydrogen-bond donors (Lipinski definition) is 3. The Labute approximate surface area is 232 Å². The first-order chi connectivity index (χ1) is 18.5. The largest absolute Gasteiger partial charge is 0.471 e. The van der Waals surface area contributed by atoms with Gasteiger partial charge >= 0.3 is 12.1 Å².